The topological polar surface area (TPSA) is 0 Å². The van der Waals surface area contributed by atoms with Crippen LogP contribution in [0.4, 0.5) is 0 Å². The van der Waals surface area contributed by atoms with Crippen molar-refractivity contribution in [3.8, 4) is 0 Å². The molecule has 26 heavy (non-hydrogen) atoms. The molecule has 0 saturated heterocycles. The van der Waals surface area contributed by atoms with Gasteiger partial charge in [-0.1, -0.05) is 0 Å². The predicted molar refractivity (Wildman–Crippen MR) is 127 cm³/mol. The van der Waals surface area contributed by atoms with Gasteiger partial charge in [0.1, 0.15) is 0 Å². The van der Waals surface area contributed by atoms with E-state index in [1.165, 1.54) is 33.4 Å². The molecule has 1 heteroatoms. The van der Waals surface area contributed by atoms with Crippen LogP contribution in [0.3, 0.4) is 0 Å². The normalized spacial score (nSPS) is 17.0. The quantitative estimate of drug-likeness (QED) is 0.319. The van der Waals surface area contributed by atoms with E-state index < -0.39 is 19.8 Å². The summed E-state index contributed by atoms with van der Waals surface area (Å²) < 4.78 is 0.646. The van der Waals surface area contributed by atoms with Crippen LogP contribution in [0.2, 0.25) is 0 Å². The standard InChI is InChI=1S/C25H29I/c1-7-12-19-16-22-23(15-18(19)8-2)25(26(5)6)20(9-3)24(22)21-14-11-10-13-17(21)4/h7-8,10-16,25H,2,9H2,1,3-6H3/b12-7-. The zero-order valence-electron chi connectivity index (χ0n) is 16.6. The van der Waals surface area contributed by atoms with Crippen molar-refractivity contribution < 1.29 is 0 Å². The summed E-state index contributed by atoms with van der Waals surface area (Å²) in [4.78, 5) is 5.00. The van der Waals surface area contributed by atoms with E-state index in [2.05, 4.69) is 85.8 Å². The van der Waals surface area contributed by atoms with Crippen LogP contribution in [0.5, 0.6) is 0 Å². The molecule has 0 aliphatic heterocycles. The molecule has 1 aliphatic carbocycles. The number of halogens is 1. The zero-order valence-corrected chi connectivity index (χ0v) is 18.7. The molecule has 1 aliphatic rings. The number of aryl methyl sites for hydroxylation is 1. The molecule has 3 rings (SSSR count). The first-order valence-corrected chi connectivity index (χ1v) is 14.8. The molecule has 0 spiro atoms. The van der Waals surface area contributed by atoms with Gasteiger partial charge in [-0.25, -0.2) is 0 Å². The summed E-state index contributed by atoms with van der Waals surface area (Å²) in [6, 6.07) is 13.7. The van der Waals surface area contributed by atoms with Crippen LogP contribution in [0.15, 0.2) is 54.6 Å². The van der Waals surface area contributed by atoms with Crippen LogP contribution in [0, 0.1) is 6.92 Å². The summed E-state index contributed by atoms with van der Waals surface area (Å²) in [5, 5.41) is 0. The van der Waals surface area contributed by atoms with Gasteiger partial charge in [0.25, 0.3) is 0 Å². The third kappa shape index (κ3) is 3.22. The molecule has 2 aromatic carbocycles. The fourth-order valence-corrected chi connectivity index (χ4v) is 8.20. The van der Waals surface area contributed by atoms with Gasteiger partial charge in [-0.05, 0) is 0 Å². The van der Waals surface area contributed by atoms with E-state index in [-0.39, 0.29) is 0 Å². The molecule has 0 radical (unpaired) electrons. The van der Waals surface area contributed by atoms with Crippen molar-refractivity contribution in [2.75, 3.05) is 9.86 Å². The first-order chi connectivity index (χ1) is 12.5. The Hall–Kier alpha value is -1.61. The number of rotatable bonds is 5. The molecular weight excluding hydrogens is 427 g/mol. The molecule has 0 fully saturated rings. The molecule has 0 heterocycles. The monoisotopic (exact) mass is 456 g/mol. The second-order valence-corrected chi connectivity index (χ2v) is 12.9. The molecule has 0 saturated carbocycles. The Morgan fingerprint density at radius 1 is 1.08 bits per heavy atom. The Bertz CT molecular complexity index is 896. The molecule has 1 unspecified atom stereocenters. The summed E-state index contributed by atoms with van der Waals surface area (Å²) >= 11 is -1.07. The van der Waals surface area contributed by atoms with Gasteiger partial charge in [0.15, 0.2) is 0 Å². The van der Waals surface area contributed by atoms with E-state index in [1.54, 1.807) is 11.1 Å². The molecule has 1 atom stereocenters. The molecule has 0 nitrogen and oxygen atoms in total. The number of allylic oxidation sites excluding steroid dienone is 2. The fraction of sp³-hybridized carbons (Fsp3) is 0.280. The van der Waals surface area contributed by atoms with E-state index in [9.17, 15) is 0 Å². The van der Waals surface area contributed by atoms with Crippen LogP contribution in [-0.4, -0.2) is 9.86 Å². The Labute approximate surface area is 166 Å². The molecule has 136 valence electrons. The molecule has 0 amide bonds. The SMILES string of the molecule is C=Cc1cc2c(cc1/C=C\C)C(c1ccccc1C)=C(CC)C2I(C)C. The predicted octanol–water partition coefficient (Wildman–Crippen LogP) is 7.70. The Morgan fingerprint density at radius 2 is 1.81 bits per heavy atom. The van der Waals surface area contributed by atoms with Gasteiger partial charge in [-0.2, -0.15) is 0 Å². The van der Waals surface area contributed by atoms with Crippen molar-refractivity contribution >= 4 is 37.5 Å². The molecule has 0 bridgehead atoms. The van der Waals surface area contributed by atoms with Crippen molar-refractivity contribution in [2.24, 2.45) is 0 Å². The van der Waals surface area contributed by atoms with Crippen molar-refractivity contribution in [2.45, 2.75) is 31.1 Å². The number of alkyl halides is 3. The molecule has 0 aromatic heterocycles. The van der Waals surface area contributed by atoms with Crippen LogP contribution in [0.1, 0.15) is 57.6 Å². The maximum atomic E-state index is 4.06. The maximum absolute atomic E-state index is 4.06. The summed E-state index contributed by atoms with van der Waals surface area (Å²) in [5.74, 6) is 0. The number of benzene rings is 2. The zero-order chi connectivity index (χ0) is 18.8. The van der Waals surface area contributed by atoms with Gasteiger partial charge in [-0.15, -0.1) is 0 Å². The van der Waals surface area contributed by atoms with Gasteiger partial charge in [0, 0.05) is 0 Å². The average molecular weight is 456 g/mol. The number of fused-ring (bicyclic) bond motifs is 1. The van der Waals surface area contributed by atoms with Crippen molar-refractivity contribution in [3.63, 3.8) is 0 Å². The van der Waals surface area contributed by atoms with Crippen molar-refractivity contribution in [3.05, 3.63) is 88.0 Å². The average Bonchev–Trinajstić information content (AvgIpc) is 2.95. The van der Waals surface area contributed by atoms with E-state index in [1.807, 2.05) is 6.08 Å². The van der Waals surface area contributed by atoms with Gasteiger partial charge in [0.2, 0.25) is 0 Å². The first kappa shape index (κ1) is 19.2. The molecule has 0 N–H and O–H groups in total. The minimum atomic E-state index is -1.07. The summed E-state index contributed by atoms with van der Waals surface area (Å²) in [6.07, 6.45) is 7.46. The Morgan fingerprint density at radius 3 is 2.38 bits per heavy atom. The minimum absolute atomic E-state index is 0.646. The summed E-state index contributed by atoms with van der Waals surface area (Å²) in [6.45, 7) is 10.7. The Kier molecular flexibility index (Phi) is 5.86. The Balaban J connectivity index is 2.36. The van der Waals surface area contributed by atoms with Crippen LogP contribution in [-0.2, 0) is 0 Å². The second-order valence-electron chi connectivity index (χ2n) is 7.02. The fourth-order valence-electron chi connectivity index (χ4n) is 4.09. The molecular formula is C25H29I. The summed E-state index contributed by atoms with van der Waals surface area (Å²) in [5.41, 5.74) is 11.4. The van der Waals surface area contributed by atoms with Crippen molar-refractivity contribution in [1.82, 2.24) is 0 Å². The van der Waals surface area contributed by atoms with Gasteiger partial charge < -0.3 is 0 Å². The van der Waals surface area contributed by atoms with E-state index in [0.29, 0.717) is 3.92 Å². The summed E-state index contributed by atoms with van der Waals surface area (Å²) in [7, 11) is 0. The van der Waals surface area contributed by atoms with E-state index in [0.717, 1.165) is 6.42 Å². The second kappa shape index (κ2) is 7.96. The van der Waals surface area contributed by atoms with Crippen LogP contribution < -0.4 is 0 Å². The first-order valence-electron chi connectivity index (χ1n) is 9.24. The van der Waals surface area contributed by atoms with Gasteiger partial charge >= 0.3 is 167 Å². The van der Waals surface area contributed by atoms with Crippen LogP contribution >= 0.6 is 19.8 Å². The number of hydrogen-bond donors (Lipinski definition) is 0. The molecule has 2 aromatic rings. The van der Waals surface area contributed by atoms with Gasteiger partial charge in [-0.3, -0.25) is 0 Å². The number of hydrogen-bond acceptors (Lipinski definition) is 0. The third-order valence-electron chi connectivity index (χ3n) is 5.22. The van der Waals surface area contributed by atoms with E-state index >= 15 is 0 Å². The van der Waals surface area contributed by atoms with E-state index in [4.69, 9.17) is 0 Å². The van der Waals surface area contributed by atoms with Crippen molar-refractivity contribution in [1.29, 1.82) is 0 Å². The third-order valence-corrected chi connectivity index (χ3v) is 9.14. The van der Waals surface area contributed by atoms with Gasteiger partial charge in [0.05, 0.1) is 0 Å². The van der Waals surface area contributed by atoms with Crippen LogP contribution in [0.25, 0.3) is 17.7 Å².